The van der Waals surface area contributed by atoms with E-state index >= 15 is 0 Å². The van der Waals surface area contributed by atoms with Gasteiger partial charge in [0.15, 0.2) is 5.78 Å². The number of carbonyl (C=O) groups is 1. The van der Waals surface area contributed by atoms with Gasteiger partial charge in [-0.15, -0.1) is 0 Å². The summed E-state index contributed by atoms with van der Waals surface area (Å²) in [6, 6.07) is 15.1. The molecule has 3 aromatic rings. The normalized spacial score (nSPS) is 19.6. The zero-order chi connectivity index (χ0) is 25.2. The molecular weight excluding hydrogens is 453 g/mol. The number of methoxy groups -OCH3 is 1. The molecule has 2 aliphatic heterocycles. The summed E-state index contributed by atoms with van der Waals surface area (Å²) in [7, 11) is 1.57. The number of aliphatic imine (C=N–C) groups is 1. The highest BCUT2D eigenvalue weighted by Gasteiger charge is 2.31. The van der Waals surface area contributed by atoms with Crippen molar-refractivity contribution in [2.75, 3.05) is 13.7 Å². The number of piperidine rings is 1. The first-order valence-corrected chi connectivity index (χ1v) is 12.6. The number of benzene rings is 2. The summed E-state index contributed by atoms with van der Waals surface area (Å²) in [6.45, 7) is 6.12. The summed E-state index contributed by atoms with van der Waals surface area (Å²) >= 11 is 0. The van der Waals surface area contributed by atoms with Gasteiger partial charge < -0.3 is 4.74 Å². The molecule has 0 N–H and O–H groups in total. The van der Waals surface area contributed by atoms with Crippen LogP contribution in [0.2, 0.25) is 0 Å². The molecule has 0 saturated carbocycles. The third kappa shape index (κ3) is 4.82. The summed E-state index contributed by atoms with van der Waals surface area (Å²) < 4.78 is 20.0. The molecule has 6 heteroatoms. The lowest BCUT2D eigenvalue weighted by atomic mass is 9.84. The molecular formula is C30H32FN3O2. The van der Waals surface area contributed by atoms with Crippen LogP contribution in [0.4, 0.5) is 4.39 Å². The number of carbonyl (C=O) groups excluding carboxylic acids is 1. The van der Waals surface area contributed by atoms with Crippen LogP contribution in [0.1, 0.15) is 64.5 Å². The van der Waals surface area contributed by atoms with E-state index in [4.69, 9.17) is 9.73 Å². The summed E-state index contributed by atoms with van der Waals surface area (Å²) in [4.78, 5) is 24.7. The molecule has 5 nitrogen and oxygen atoms in total. The number of likely N-dealkylation sites (tertiary alicyclic amines) is 1. The Morgan fingerprint density at radius 2 is 2.06 bits per heavy atom. The van der Waals surface area contributed by atoms with E-state index in [0.717, 1.165) is 53.0 Å². The van der Waals surface area contributed by atoms with Crippen molar-refractivity contribution in [2.24, 2.45) is 10.9 Å². The number of hydrogen-bond acceptors (Lipinski definition) is 5. The second kappa shape index (κ2) is 10.3. The minimum atomic E-state index is -0.250. The quantitative estimate of drug-likeness (QED) is 0.399. The van der Waals surface area contributed by atoms with Crippen LogP contribution < -0.4 is 4.74 Å². The molecule has 2 unspecified atom stereocenters. The van der Waals surface area contributed by atoms with Gasteiger partial charge in [0.25, 0.3) is 0 Å². The highest BCUT2D eigenvalue weighted by atomic mass is 19.1. The lowest BCUT2D eigenvalue weighted by molar-refractivity contribution is 0.0748. The Labute approximate surface area is 212 Å². The first kappa shape index (κ1) is 24.3. The molecule has 5 rings (SSSR count). The summed E-state index contributed by atoms with van der Waals surface area (Å²) in [6.07, 6.45) is 4.26. The van der Waals surface area contributed by atoms with Crippen LogP contribution in [-0.4, -0.2) is 41.1 Å². The maximum Gasteiger partial charge on any atom is 0.163 e. The van der Waals surface area contributed by atoms with Gasteiger partial charge in [0.2, 0.25) is 0 Å². The molecule has 2 aliphatic rings. The van der Waals surface area contributed by atoms with Crippen molar-refractivity contribution in [3.8, 4) is 5.75 Å². The van der Waals surface area contributed by atoms with Gasteiger partial charge in [-0.1, -0.05) is 18.2 Å². The number of aryl methyl sites for hydroxylation is 1. The Bertz CT molecular complexity index is 1320. The van der Waals surface area contributed by atoms with Crippen LogP contribution in [0.3, 0.4) is 0 Å². The highest BCUT2D eigenvalue weighted by molar-refractivity contribution is 6.16. The Morgan fingerprint density at radius 1 is 1.19 bits per heavy atom. The van der Waals surface area contributed by atoms with Gasteiger partial charge in [0.1, 0.15) is 11.6 Å². The van der Waals surface area contributed by atoms with Crippen LogP contribution in [0.5, 0.6) is 5.75 Å². The Morgan fingerprint density at radius 3 is 2.86 bits per heavy atom. The second-order valence-corrected chi connectivity index (χ2v) is 9.88. The number of fused-ring (bicyclic) bond motifs is 1. The van der Waals surface area contributed by atoms with Crippen LogP contribution in [0, 0.1) is 18.7 Å². The van der Waals surface area contributed by atoms with Gasteiger partial charge in [-0.05, 0) is 75.0 Å². The van der Waals surface area contributed by atoms with E-state index in [2.05, 4.69) is 16.8 Å². The zero-order valence-electron chi connectivity index (χ0n) is 21.1. The number of nitrogens with zero attached hydrogens (tertiary/aromatic N) is 3. The lowest BCUT2D eigenvalue weighted by Crippen LogP contribution is -2.43. The molecule has 186 valence electrons. The summed E-state index contributed by atoms with van der Waals surface area (Å²) in [5.74, 6) is 0.686. The number of ketones is 1. The fraction of sp³-hybridized carbons (Fsp3) is 0.367. The van der Waals surface area contributed by atoms with E-state index in [9.17, 15) is 9.18 Å². The molecule has 0 bridgehead atoms. The van der Waals surface area contributed by atoms with Gasteiger partial charge in [-0.2, -0.15) is 0 Å². The van der Waals surface area contributed by atoms with Crippen LogP contribution in [0.25, 0.3) is 0 Å². The summed E-state index contributed by atoms with van der Waals surface area (Å²) in [5.41, 5.74) is 6.40. The second-order valence-electron chi connectivity index (χ2n) is 9.88. The smallest absolute Gasteiger partial charge is 0.163 e. The monoisotopic (exact) mass is 485 g/mol. The zero-order valence-corrected chi connectivity index (χ0v) is 21.1. The Balaban J connectivity index is 1.31. The minimum Gasteiger partial charge on any atom is -0.496 e. The van der Waals surface area contributed by atoms with Crippen molar-refractivity contribution in [2.45, 2.75) is 52.2 Å². The van der Waals surface area contributed by atoms with E-state index in [1.165, 1.54) is 6.07 Å². The molecule has 2 aromatic carbocycles. The summed E-state index contributed by atoms with van der Waals surface area (Å²) in [5, 5.41) is 0. The minimum absolute atomic E-state index is 0.150. The molecule has 36 heavy (non-hydrogen) atoms. The maximum absolute atomic E-state index is 14.6. The molecule has 0 amide bonds. The van der Waals surface area contributed by atoms with Gasteiger partial charge in [0.05, 0.1) is 19.4 Å². The highest BCUT2D eigenvalue weighted by Crippen LogP contribution is 2.32. The van der Waals surface area contributed by atoms with Crippen molar-refractivity contribution < 1.29 is 13.9 Å². The van der Waals surface area contributed by atoms with Crippen LogP contribution >= 0.6 is 0 Å². The molecule has 0 radical (unpaired) electrons. The van der Waals surface area contributed by atoms with E-state index in [1.807, 2.05) is 37.3 Å². The van der Waals surface area contributed by atoms with E-state index in [-0.39, 0.29) is 23.6 Å². The largest absolute Gasteiger partial charge is 0.496 e. The first-order valence-electron chi connectivity index (χ1n) is 12.6. The number of rotatable bonds is 7. The SMILES string of the molecule is COc1cccc(F)c1CN1CCCC(CC(=O)c2ccc3c(c2)C(c2ccnc(C)c2)=NC3)C1C. The van der Waals surface area contributed by atoms with Crippen molar-refractivity contribution in [3.05, 3.63) is 94.1 Å². The van der Waals surface area contributed by atoms with Crippen molar-refractivity contribution >= 4 is 11.5 Å². The molecule has 3 heterocycles. The maximum atomic E-state index is 14.6. The Hall–Kier alpha value is -3.38. The van der Waals surface area contributed by atoms with Crippen LogP contribution in [-0.2, 0) is 13.1 Å². The van der Waals surface area contributed by atoms with Gasteiger partial charge in [-0.25, -0.2) is 4.39 Å². The number of hydrogen-bond donors (Lipinski definition) is 0. The lowest BCUT2D eigenvalue weighted by Gasteiger charge is -2.39. The van der Waals surface area contributed by atoms with Gasteiger partial charge in [-0.3, -0.25) is 19.7 Å². The van der Waals surface area contributed by atoms with Crippen molar-refractivity contribution in [1.29, 1.82) is 0 Å². The number of Topliss-reactive ketones (excluding diaryl/α,β-unsaturated/α-hetero) is 1. The Kier molecular flexibility index (Phi) is 6.97. The molecule has 0 aliphatic carbocycles. The van der Waals surface area contributed by atoms with Gasteiger partial charge >= 0.3 is 0 Å². The standard InChI is InChI=1S/C30H32FN3O2/c1-19-14-23(11-12-32-19)30-25-15-22(9-10-24(25)17-33-30)28(35)16-21-6-5-13-34(20(21)2)18-26-27(31)7-4-8-29(26)36-3/h4,7-12,14-15,20-21H,5-6,13,16-18H2,1-3H3. The number of aromatic nitrogens is 1. The van der Waals surface area contributed by atoms with E-state index in [0.29, 0.717) is 30.8 Å². The predicted octanol–water partition coefficient (Wildman–Crippen LogP) is 5.76. The third-order valence-electron chi connectivity index (χ3n) is 7.65. The molecule has 1 fully saturated rings. The topological polar surface area (TPSA) is 54.8 Å². The van der Waals surface area contributed by atoms with Gasteiger partial charge in [0, 0.05) is 53.2 Å². The van der Waals surface area contributed by atoms with E-state index < -0.39 is 0 Å². The van der Waals surface area contributed by atoms with Crippen molar-refractivity contribution in [3.63, 3.8) is 0 Å². The number of halogens is 1. The van der Waals surface area contributed by atoms with Crippen LogP contribution in [0.15, 0.2) is 59.7 Å². The molecule has 2 atom stereocenters. The first-order chi connectivity index (χ1) is 17.4. The fourth-order valence-corrected chi connectivity index (χ4v) is 5.54. The molecule has 1 saturated heterocycles. The van der Waals surface area contributed by atoms with Crippen molar-refractivity contribution in [1.82, 2.24) is 9.88 Å². The van der Waals surface area contributed by atoms with E-state index in [1.54, 1.807) is 25.4 Å². The fourth-order valence-electron chi connectivity index (χ4n) is 5.54. The average Bonchev–Trinajstić information content (AvgIpc) is 3.31. The average molecular weight is 486 g/mol. The molecule has 0 spiro atoms. The predicted molar refractivity (Wildman–Crippen MR) is 139 cm³/mol. The number of pyridine rings is 1. The molecule has 1 aromatic heterocycles. The third-order valence-corrected chi connectivity index (χ3v) is 7.65. The number of ether oxygens (including phenoxy) is 1.